The third-order valence-corrected chi connectivity index (χ3v) is 2.51. The summed E-state index contributed by atoms with van der Waals surface area (Å²) in [5, 5.41) is 8.56. The van der Waals surface area contributed by atoms with Gasteiger partial charge in [0.15, 0.2) is 0 Å². The maximum absolute atomic E-state index is 11.9. The van der Waals surface area contributed by atoms with Gasteiger partial charge >= 0.3 is 11.9 Å². The molecule has 7 heteroatoms. The highest BCUT2D eigenvalue weighted by Gasteiger charge is 2.16. The first-order valence-corrected chi connectivity index (χ1v) is 6.42. The molecule has 0 aliphatic heterocycles. The molecule has 0 aromatic carbocycles. The fourth-order valence-corrected chi connectivity index (χ4v) is 1.47. The van der Waals surface area contributed by atoms with Crippen LogP contribution in [0.2, 0.25) is 0 Å². The van der Waals surface area contributed by atoms with Crippen molar-refractivity contribution in [3.05, 3.63) is 0 Å². The maximum atomic E-state index is 11.9. The molecule has 0 unspecified atom stereocenters. The molecule has 0 saturated heterocycles. The van der Waals surface area contributed by atoms with Crippen molar-refractivity contribution in [1.82, 2.24) is 4.90 Å². The first-order valence-electron chi connectivity index (χ1n) is 6.42. The minimum Gasteiger partial charge on any atom is -0.469 e. The number of esters is 2. The topological polar surface area (TPSA) is 96.7 Å². The van der Waals surface area contributed by atoms with E-state index < -0.39 is 11.9 Å². The van der Waals surface area contributed by atoms with Crippen LogP contribution in [-0.2, 0) is 23.9 Å². The minimum atomic E-state index is -0.469. The second kappa shape index (κ2) is 10.8. The Morgan fingerprint density at radius 2 is 1.80 bits per heavy atom. The first-order chi connectivity index (χ1) is 9.54. The molecule has 112 valence electrons. The van der Waals surface area contributed by atoms with Crippen molar-refractivity contribution in [3.63, 3.8) is 0 Å². The molecule has 0 rings (SSSR count). The molecule has 0 saturated carbocycles. The monoisotopic (exact) mass is 284 g/mol. The van der Waals surface area contributed by atoms with E-state index in [0.717, 1.165) is 0 Å². The van der Waals surface area contributed by atoms with E-state index in [-0.39, 0.29) is 51.3 Å². The summed E-state index contributed by atoms with van der Waals surface area (Å²) in [4.78, 5) is 35.5. The van der Waals surface area contributed by atoms with Gasteiger partial charge in [0.2, 0.25) is 5.91 Å². The number of hydrogen-bond donors (Lipinski definition) is 0. The van der Waals surface area contributed by atoms with Crippen molar-refractivity contribution >= 4 is 17.8 Å². The highest BCUT2D eigenvalue weighted by molar-refractivity contribution is 5.81. The van der Waals surface area contributed by atoms with Gasteiger partial charge in [0, 0.05) is 19.5 Å². The van der Waals surface area contributed by atoms with E-state index in [0.29, 0.717) is 0 Å². The predicted molar refractivity (Wildman–Crippen MR) is 69.3 cm³/mol. The number of hydrogen-bond acceptors (Lipinski definition) is 6. The number of rotatable bonds is 9. The third-order valence-electron chi connectivity index (χ3n) is 2.51. The van der Waals surface area contributed by atoms with Gasteiger partial charge in [-0.3, -0.25) is 14.4 Å². The quantitative estimate of drug-likeness (QED) is 0.576. The average molecular weight is 284 g/mol. The minimum absolute atomic E-state index is 0.000920. The summed E-state index contributed by atoms with van der Waals surface area (Å²) in [6.07, 6.45) is 0.231. The zero-order valence-electron chi connectivity index (χ0n) is 11.9. The Labute approximate surface area is 118 Å². The summed E-state index contributed by atoms with van der Waals surface area (Å²) in [5.74, 6) is -1.14. The highest BCUT2D eigenvalue weighted by Crippen LogP contribution is 2.03. The van der Waals surface area contributed by atoms with Gasteiger partial charge in [0.25, 0.3) is 0 Å². The molecule has 0 atom stereocenters. The van der Waals surface area contributed by atoms with Crippen LogP contribution in [0.25, 0.3) is 0 Å². The molecule has 0 aliphatic carbocycles. The molecule has 0 fully saturated rings. The molecular weight excluding hydrogens is 264 g/mol. The number of nitrogens with zero attached hydrogens (tertiary/aromatic N) is 2. The number of amides is 1. The van der Waals surface area contributed by atoms with Gasteiger partial charge in [-0.25, -0.2) is 0 Å². The molecule has 1 amide bonds. The van der Waals surface area contributed by atoms with E-state index in [1.807, 2.05) is 6.07 Å². The van der Waals surface area contributed by atoms with Crippen LogP contribution in [0.4, 0.5) is 0 Å². The summed E-state index contributed by atoms with van der Waals surface area (Å²) >= 11 is 0. The van der Waals surface area contributed by atoms with Gasteiger partial charge in [0.05, 0.1) is 39.0 Å². The SMILES string of the molecule is CCOC(=O)CCN(CCC#N)C(=O)CCC(=O)OC. The zero-order valence-corrected chi connectivity index (χ0v) is 11.9. The Kier molecular flexibility index (Phi) is 9.66. The molecule has 0 radical (unpaired) electrons. The average Bonchev–Trinajstić information content (AvgIpc) is 2.44. The van der Waals surface area contributed by atoms with Crippen molar-refractivity contribution in [2.45, 2.75) is 32.6 Å². The lowest BCUT2D eigenvalue weighted by Gasteiger charge is -2.21. The fourth-order valence-electron chi connectivity index (χ4n) is 1.47. The number of methoxy groups -OCH3 is 1. The van der Waals surface area contributed by atoms with E-state index in [4.69, 9.17) is 10.00 Å². The molecule has 0 heterocycles. The molecule has 0 aromatic heterocycles. The summed E-state index contributed by atoms with van der Waals surface area (Å²) in [5.41, 5.74) is 0. The van der Waals surface area contributed by atoms with Crippen LogP contribution in [0.5, 0.6) is 0 Å². The second-order valence-electron chi connectivity index (χ2n) is 3.92. The van der Waals surface area contributed by atoms with E-state index >= 15 is 0 Å². The van der Waals surface area contributed by atoms with E-state index in [1.54, 1.807) is 6.92 Å². The van der Waals surface area contributed by atoms with Crippen molar-refractivity contribution in [1.29, 1.82) is 5.26 Å². The Balaban J connectivity index is 4.31. The van der Waals surface area contributed by atoms with Gasteiger partial charge < -0.3 is 14.4 Å². The molecule has 0 aliphatic rings. The number of carbonyl (C=O) groups excluding carboxylic acids is 3. The van der Waals surface area contributed by atoms with Crippen molar-refractivity contribution < 1.29 is 23.9 Å². The lowest BCUT2D eigenvalue weighted by Crippen LogP contribution is -2.34. The lowest BCUT2D eigenvalue weighted by molar-refractivity contribution is -0.146. The molecule has 20 heavy (non-hydrogen) atoms. The van der Waals surface area contributed by atoms with Crippen molar-refractivity contribution in [3.8, 4) is 6.07 Å². The first kappa shape index (κ1) is 17.9. The van der Waals surface area contributed by atoms with Gasteiger partial charge in [-0.1, -0.05) is 0 Å². The summed E-state index contributed by atoms with van der Waals surface area (Å²) in [6, 6.07) is 1.94. The van der Waals surface area contributed by atoms with E-state index in [1.165, 1.54) is 12.0 Å². The molecule has 7 nitrogen and oxygen atoms in total. The van der Waals surface area contributed by atoms with Crippen LogP contribution in [0.3, 0.4) is 0 Å². The van der Waals surface area contributed by atoms with Crippen molar-refractivity contribution in [2.24, 2.45) is 0 Å². The maximum Gasteiger partial charge on any atom is 0.307 e. The van der Waals surface area contributed by atoms with Crippen molar-refractivity contribution in [2.75, 3.05) is 26.8 Å². The second-order valence-corrected chi connectivity index (χ2v) is 3.92. The third kappa shape index (κ3) is 8.08. The van der Waals surface area contributed by atoms with Crippen LogP contribution in [-0.4, -0.2) is 49.6 Å². The van der Waals surface area contributed by atoms with E-state index in [2.05, 4.69) is 4.74 Å². The van der Waals surface area contributed by atoms with Gasteiger partial charge in [-0.15, -0.1) is 0 Å². The molecular formula is C13H20N2O5. The summed E-state index contributed by atoms with van der Waals surface area (Å²) < 4.78 is 9.23. The van der Waals surface area contributed by atoms with E-state index in [9.17, 15) is 14.4 Å². The van der Waals surface area contributed by atoms with Crippen LogP contribution >= 0.6 is 0 Å². The van der Waals surface area contributed by atoms with Gasteiger partial charge in [0.1, 0.15) is 0 Å². The Morgan fingerprint density at radius 1 is 1.10 bits per heavy atom. The number of nitriles is 1. The Hall–Kier alpha value is -2.10. The number of carbonyl (C=O) groups is 3. The smallest absolute Gasteiger partial charge is 0.307 e. The molecule has 0 bridgehead atoms. The highest BCUT2D eigenvalue weighted by atomic mass is 16.5. The zero-order chi connectivity index (χ0) is 15.4. The van der Waals surface area contributed by atoms with Crippen LogP contribution < -0.4 is 0 Å². The Bertz CT molecular complexity index is 375. The van der Waals surface area contributed by atoms with Crippen LogP contribution in [0, 0.1) is 11.3 Å². The normalized spacial score (nSPS) is 9.45. The van der Waals surface area contributed by atoms with Gasteiger partial charge in [-0.05, 0) is 6.92 Å². The van der Waals surface area contributed by atoms with Crippen LogP contribution in [0.1, 0.15) is 32.6 Å². The number of ether oxygens (including phenoxy) is 2. The largest absolute Gasteiger partial charge is 0.469 e. The summed E-state index contributed by atoms with van der Waals surface area (Å²) in [6.45, 7) is 2.40. The molecule has 0 spiro atoms. The standard InChI is InChI=1S/C13H20N2O5/c1-3-20-13(18)7-10-15(9-4-8-14)11(16)5-6-12(17)19-2/h3-7,9-10H2,1-2H3. The molecule has 0 aromatic rings. The predicted octanol–water partition coefficient (Wildman–Crippen LogP) is 0.635. The lowest BCUT2D eigenvalue weighted by atomic mass is 10.2. The fraction of sp³-hybridized carbons (Fsp3) is 0.692. The van der Waals surface area contributed by atoms with Gasteiger partial charge in [-0.2, -0.15) is 5.26 Å². The summed E-state index contributed by atoms with van der Waals surface area (Å²) in [7, 11) is 1.25. The Morgan fingerprint density at radius 3 is 2.35 bits per heavy atom. The molecule has 0 N–H and O–H groups in total. The van der Waals surface area contributed by atoms with Crippen LogP contribution in [0.15, 0.2) is 0 Å².